The predicted molar refractivity (Wildman–Crippen MR) is 103 cm³/mol. The van der Waals surface area contributed by atoms with Crippen LogP contribution in [0.3, 0.4) is 0 Å². The lowest BCUT2D eigenvalue weighted by Gasteiger charge is -2.16. The van der Waals surface area contributed by atoms with E-state index in [0.29, 0.717) is 18.5 Å². The Labute approximate surface area is 168 Å². The first-order valence-electron chi connectivity index (χ1n) is 8.52. The molecule has 1 unspecified atom stereocenters. The van der Waals surface area contributed by atoms with Crippen LogP contribution in [0, 0.1) is 0 Å². The van der Waals surface area contributed by atoms with E-state index in [4.69, 9.17) is 16.3 Å². The second-order valence-electron chi connectivity index (χ2n) is 6.11. The van der Waals surface area contributed by atoms with Crippen LogP contribution in [0.2, 0.25) is 5.02 Å². The standard InChI is InChI=1S/C19H16ClF3N4O2/c1-12(29-14-5-3-2-4-6-14)9-24-15-11-26-27(18(28)17(15)20)16-8-7-13(10-25-16)19(21,22)23/h2-8,10-12,24H,9H2,1H3. The largest absolute Gasteiger partial charge is 0.489 e. The molecule has 6 nitrogen and oxygen atoms in total. The first-order valence-corrected chi connectivity index (χ1v) is 8.90. The monoisotopic (exact) mass is 424 g/mol. The molecule has 3 rings (SSSR count). The van der Waals surface area contributed by atoms with Gasteiger partial charge in [-0.3, -0.25) is 4.79 Å². The smallest absolute Gasteiger partial charge is 0.417 e. The van der Waals surface area contributed by atoms with E-state index >= 15 is 0 Å². The van der Waals surface area contributed by atoms with Gasteiger partial charge in [0.25, 0.3) is 5.56 Å². The summed E-state index contributed by atoms with van der Waals surface area (Å²) in [4.78, 5) is 16.1. The molecule has 10 heteroatoms. The van der Waals surface area contributed by atoms with Gasteiger partial charge in [-0.2, -0.15) is 23.0 Å². The van der Waals surface area contributed by atoms with Crippen LogP contribution in [0.25, 0.3) is 5.82 Å². The molecule has 1 aromatic carbocycles. The fourth-order valence-corrected chi connectivity index (χ4v) is 2.62. The number of benzene rings is 1. The number of ether oxygens (including phenoxy) is 1. The molecule has 0 aliphatic heterocycles. The summed E-state index contributed by atoms with van der Waals surface area (Å²) in [5.74, 6) is 0.632. The number of pyridine rings is 1. The number of rotatable bonds is 6. The van der Waals surface area contributed by atoms with Crippen molar-refractivity contribution >= 4 is 17.3 Å². The van der Waals surface area contributed by atoms with Gasteiger partial charge < -0.3 is 10.1 Å². The summed E-state index contributed by atoms with van der Waals surface area (Å²) < 4.78 is 44.5. The van der Waals surface area contributed by atoms with Gasteiger partial charge in [-0.05, 0) is 31.2 Å². The number of anilines is 1. The molecule has 3 aromatic rings. The second-order valence-corrected chi connectivity index (χ2v) is 6.49. The zero-order valence-corrected chi connectivity index (χ0v) is 15.9. The van der Waals surface area contributed by atoms with Crippen LogP contribution in [-0.2, 0) is 6.18 Å². The minimum absolute atomic E-state index is 0.0720. The Hall–Kier alpha value is -3.07. The lowest BCUT2D eigenvalue weighted by molar-refractivity contribution is -0.137. The third kappa shape index (κ3) is 5.05. The van der Waals surface area contributed by atoms with Crippen LogP contribution >= 0.6 is 11.6 Å². The average molecular weight is 425 g/mol. The number of aromatic nitrogens is 3. The van der Waals surface area contributed by atoms with Crippen LogP contribution in [0.4, 0.5) is 18.9 Å². The minimum atomic E-state index is -4.52. The zero-order valence-electron chi connectivity index (χ0n) is 15.2. The highest BCUT2D eigenvalue weighted by Gasteiger charge is 2.30. The molecule has 152 valence electrons. The second kappa shape index (κ2) is 8.52. The average Bonchev–Trinajstić information content (AvgIpc) is 2.69. The summed E-state index contributed by atoms with van der Waals surface area (Å²) in [7, 11) is 0. The van der Waals surface area contributed by atoms with Crippen LogP contribution in [0.1, 0.15) is 12.5 Å². The fourth-order valence-electron chi connectivity index (χ4n) is 2.42. The Bertz CT molecular complexity index is 1020. The van der Waals surface area contributed by atoms with Crippen molar-refractivity contribution in [3.05, 3.63) is 75.8 Å². The van der Waals surface area contributed by atoms with Crippen molar-refractivity contribution in [3.63, 3.8) is 0 Å². The quantitative estimate of drug-likeness (QED) is 0.643. The van der Waals surface area contributed by atoms with E-state index in [0.717, 1.165) is 16.8 Å². The molecule has 0 aliphatic carbocycles. The molecule has 1 atom stereocenters. The first-order chi connectivity index (χ1) is 13.8. The maximum atomic E-state index is 12.6. The highest BCUT2D eigenvalue weighted by atomic mass is 35.5. The molecule has 0 amide bonds. The number of nitrogens with one attached hydrogen (secondary N) is 1. The van der Waals surface area contributed by atoms with Gasteiger partial charge in [-0.1, -0.05) is 29.8 Å². The first kappa shape index (κ1) is 20.7. The SMILES string of the molecule is CC(CNc1cnn(-c2ccc(C(F)(F)F)cn2)c(=O)c1Cl)Oc1ccccc1. The highest BCUT2D eigenvalue weighted by molar-refractivity contribution is 6.32. The zero-order chi connectivity index (χ0) is 21.0. The normalized spacial score (nSPS) is 12.4. The topological polar surface area (TPSA) is 69.0 Å². The molecular formula is C19H16ClF3N4O2. The molecule has 0 spiro atoms. The van der Waals surface area contributed by atoms with E-state index in [1.165, 1.54) is 6.20 Å². The van der Waals surface area contributed by atoms with Gasteiger partial charge in [0, 0.05) is 6.20 Å². The molecule has 0 fully saturated rings. The number of hydrogen-bond donors (Lipinski definition) is 1. The van der Waals surface area contributed by atoms with Crippen molar-refractivity contribution in [2.45, 2.75) is 19.2 Å². The lowest BCUT2D eigenvalue weighted by Crippen LogP contribution is -2.26. The molecule has 0 bridgehead atoms. The summed E-state index contributed by atoms with van der Waals surface area (Å²) >= 11 is 6.11. The maximum absolute atomic E-state index is 12.6. The third-order valence-corrected chi connectivity index (χ3v) is 4.24. The Morgan fingerprint density at radius 2 is 1.90 bits per heavy atom. The van der Waals surface area contributed by atoms with Gasteiger partial charge in [0.05, 0.1) is 24.0 Å². The number of alkyl halides is 3. The van der Waals surface area contributed by atoms with E-state index in [2.05, 4.69) is 15.4 Å². The van der Waals surface area contributed by atoms with Crippen molar-refractivity contribution in [1.29, 1.82) is 0 Å². The van der Waals surface area contributed by atoms with Crippen molar-refractivity contribution in [3.8, 4) is 11.6 Å². The third-order valence-electron chi connectivity index (χ3n) is 3.87. The van der Waals surface area contributed by atoms with Crippen molar-refractivity contribution in [1.82, 2.24) is 14.8 Å². The molecule has 1 N–H and O–H groups in total. The Morgan fingerprint density at radius 1 is 1.17 bits per heavy atom. The molecule has 0 aliphatic rings. The minimum Gasteiger partial charge on any atom is -0.489 e. The van der Waals surface area contributed by atoms with Crippen LogP contribution in [0.15, 0.2) is 59.7 Å². The highest BCUT2D eigenvalue weighted by Crippen LogP contribution is 2.28. The van der Waals surface area contributed by atoms with Gasteiger partial charge >= 0.3 is 6.18 Å². The van der Waals surface area contributed by atoms with Gasteiger partial charge in [0.1, 0.15) is 16.9 Å². The van der Waals surface area contributed by atoms with E-state index < -0.39 is 17.3 Å². The summed E-state index contributed by atoms with van der Waals surface area (Å²) in [6.07, 6.45) is -2.81. The maximum Gasteiger partial charge on any atom is 0.417 e. The van der Waals surface area contributed by atoms with E-state index in [1.807, 2.05) is 37.3 Å². The van der Waals surface area contributed by atoms with E-state index in [9.17, 15) is 18.0 Å². The van der Waals surface area contributed by atoms with E-state index in [-0.39, 0.29) is 22.6 Å². The van der Waals surface area contributed by atoms with Gasteiger partial charge in [0.15, 0.2) is 5.82 Å². The predicted octanol–water partition coefficient (Wildman–Crippen LogP) is 4.18. The Balaban J connectivity index is 1.71. The summed E-state index contributed by atoms with van der Waals surface area (Å²) in [5, 5.41) is 6.76. The molecule has 2 aromatic heterocycles. The number of nitrogens with zero attached hydrogens (tertiary/aromatic N) is 3. The molecule has 0 saturated carbocycles. The van der Waals surface area contributed by atoms with E-state index in [1.54, 1.807) is 0 Å². The fraction of sp³-hybridized carbons (Fsp3) is 0.211. The van der Waals surface area contributed by atoms with Crippen LogP contribution < -0.4 is 15.6 Å². The number of para-hydroxylation sites is 1. The van der Waals surface area contributed by atoms with Crippen LogP contribution in [0.5, 0.6) is 5.75 Å². The summed E-state index contributed by atoms with van der Waals surface area (Å²) in [5.41, 5.74) is -1.35. The van der Waals surface area contributed by atoms with Gasteiger partial charge in [-0.25, -0.2) is 4.98 Å². The van der Waals surface area contributed by atoms with Gasteiger partial charge in [-0.15, -0.1) is 0 Å². The van der Waals surface area contributed by atoms with Crippen LogP contribution in [-0.4, -0.2) is 27.4 Å². The molecule has 0 radical (unpaired) electrons. The molecule has 29 heavy (non-hydrogen) atoms. The summed E-state index contributed by atoms with van der Waals surface area (Å²) in [6, 6.07) is 11.1. The Morgan fingerprint density at radius 3 is 2.52 bits per heavy atom. The molecular weight excluding hydrogens is 409 g/mol. The van der Waals surface area contributed by atoms with Crippen molar-refractivity contribution in [2.75, 3.05) is 11.9 Å². The number of hydrogen-bond acceptors (Lipinski definition) is 5. The molecule has 2 heterocycles. The van der Waals surface area contributed by atoms with Crippen molar-refractivity contribution in [2.24, 2.45) is 0 Å². The van der Waals surface area contributed by atoms with Crippen molar-refractivity contribution < 1.29 is 17.9 Å². The lowest BCUT2D eigenvalue weighted by atomic mass is 10.3. The molecule has 0 saturated heterocycles. The van der Waals surface area contributed by atoms with Gasteiger partial charge in [0.2, 0.25) is 0 Å². The number of halogens is 4. The Kier molecular flexibility index (Phi) is 6.07. The summed E-state index contributed by atoms with van der Waals surface area (Å²) in [6.45, 7) is 2.19.